The quantitative estimate of drug-likeness (QED) is 0.785. The van der Waals surface area contributed by atoms with Crippen molar-refractivity contribution in [3.8, 4) is 5.75 Å². The average Bonchev–Trinajstić information content (AvgIpc) is 2.39. The average molecular weight is 244 g/mol. The molecule has 0 aliphatic carbocycles. The molecule has 2 aromatic rings. The van der Waals surface area contributed by atoms with Crippen LogP contribution in [0.15, 0.2) is 42.7 Å². The Kier molecular flexibility index (Phi) is 3.70. The number of hydrogen-bond acceptors (Lipinski definition) is 5. The van der Waals surface area contributed by atoms with Crippen molar-refractivity contribution in [2.45, 2.75) is 0 Å². The molecule has 1 heterocycles. The number of nitrogen functional groups attached to an aromatic ring is 1. The van der Waals surface area contributed by atoms with Gasteiger partial charge in [-0.2, -0.15) is 0 Å². The zero-order chi connectivity index (χ0) is 12.8. The molecule has 92 valence electrons. The molecule has 1 aromatic heterocycles. The number of benzene rings is 1. The molecule has 6 heteroatoms. The van der Waals surface area contributed by atoms with Crippen LogP contribution in [0.25, 0.3) is 0 Å². The number of carbonyl (C=O) groups excluding carboxylic acids is 1. The topological polar surface area (TPSA) is 90.1 Å². The fourth-order valence-electron chi connectivity index (χ4n) is 1.24. The van der Waals surface area contributed by atoms with Crippen molar-refractivity contribution in [1.29, 1.82) is 0 Å². The molecule has 0 fully saturated rings. The Labute approximate surface area is 104 Å². The molecule has 2 rings (SSSR count). The number of aromatic nitrogens is 2. The van der Waals surface area contributed by atoms with Crippen LogP contribution in [0.5, 0.6) is 5.75 Å². The number of carbonyl (C=O) groups is 1. The predicted molar refractivity (Wildman–Crippen MR) is 67.0 cm³/mol. The molecule has 3 N–H and O–H groups in total. The van der Waals surface area contributed by atoms with E-state index in [0.717, 1.165) is 0 Å². The van der Waals surface area contributed by atoms with Crippen LogP contribution in [0.3, 0.4) is 0 Å². The summed E-state index contributed by atoms with van der Waals surface area (Å²) in [4.78, 5) is 19.3. The van der Waals surface area contributed by atoms with Crippen molar-refractivity contribution in [2.24, 2.45) is 0 Å². The first-order valence-electron chi connectivity index (χ1n) is 5.29. The molecular weight excluding hydrogens is 232 g/mol. The minimum atomic E-state index is -0.321. The highest BCUT2D eigenvalue weighted by Crippen LogP contribution is 2.12. The van der Waals surface area contributed by atoms with E-state index in [9.17, 15) is 4.79 Å². The third-order valence-corrected chi connectivity index (χ3v) is 2.07. The van der Waals surface area contributed by atoms with Gasteiger partial charge < -0.3 is 10.5 Å². The normalized spacial score (nSPS) is 9.78. The first kappa shape index (κ1) is 11.8. The third kappa shape index (κ3) is 3.44. The van der Waals surface area contributed by atoms with Gasteiger partial charge in [-0.25, -0.2) is 9.97 Å². The minimum absolute atomic E-state index is 0.109. The monoisotopic (exact) mass is 244 g/mol. The van der Waals surface area contributed by atoms with Gasteiger partial charge >= 0.3 is 0 Å². The Bertz CT molecular complexity index is 513. The van der Waals surface area contributed by atoms with Crippen LogP contribution in [0.1, 0.15) is 0 Å². The number of amides is 1. The first-order chi connectivity index (χ1) is 8.74. The Morgan fingerprint density at radius 3 is 2.56 bits per heavy atom. The molecule has 18 heavy (non-hydrogen) atoms. The summed E-state index contributed by atoms with van der Waals surface area (Å²) in [6.07, 6.45) is 3.09. The summed E-state index contributed by atoms with van der Waals surface area (Å²) in [5, 5.41) is 2.51. The second kappa shape index (κ2) is 5.62. The Balaban J connectivity index is 1.83. The van der Waals surface area contributed by atoms with Gasteiger partial charge in [-0.05, 0) is 30.3 Å². The van der Waals surface area contributed by atoms with Crippen LogP contribution >= 0.6 is 0 Å². The van der Waals surface area contributed by atoms with Crippen molar-refractivity contribution >= 4 is 17.5 Å². The molecule has 0 radical (unpaired) electrons. The van der Waals surface area contributed by atoms with Crippen LogP contribution in [-0.2, 0) is 4.79 Å². The van der Waals surface area contributed by atoms with Crippen LogP contribution in [0, 0.1) is 0 Å². The van der Waals surface area contributed by atoms with E-state index in [2.05, 4.69) is 15.3 Å². The van der Waals surface area contributed by atoms with Gasteiger partial charge in [0.2, 0.25) is 5.95 Å². The van der Waals surface area contributed by atoms with E-state index < -0.39 is 0 Å². The lowest BCUT2D eigenvalue weighted by Crippen LogP contribution is -2.21. The van der Waals surface area contributed by atoms with Crippen molar-refractivity contribution in [2.75, 3.05) is 17.7 Å². The molecular formula is C12H12N4O2. The van der Waals surface area contributed by atoms with E-state index >= 15 is 0 Å². The largest absolute Gasteiger partial charge is 0.484 e. The second-order valence-electron chi connectivity index (χ2n) is 3.48. The lowest BCUT2D eigenvalue weighted by atomic mass is 10.3. The van der Waals surface area contributed by atoms with Crippen LogP contribution < -0.4 is 15.8 Å². The standard InChI is InChI=1S/C12H12N4O2/c13-9-2-4-10(5-3-9)18-8-11(17)16-12-14-6-1-7-15-12/h1-7H,8,13H2,(H,14,15,16,17). The maximum absolute atomic E-state index is 11.5. The van der Waals surface area contributed by atoms with Gasteiger partial charge in [-0.15, -0.1) is 0 Å². The SMILES string of the molecule is Nc1ccc(OCC(=O)Nc2ncccn2)cc1. The molecule has 0 aliphatic rings. The van der Waals surface area contributed by atoms with Gasteiger partial charge in [-0.1, -0.05) is 0 Å². The molecule has 0 bridgehead atoms. The van der Waals surface area contributed by atoms with Gasteiger partial charge in [0.25, 0.3) is 5.91 Å². The Hall–Kier alpha value is -2.63. The van der Waals surface area contributed by atoms with Gasteiger partial charge in [0.05, 0.1) is 0 Å². The molecule has 0 saturated heterocycles. The molecule has 1 amide bonds. The lowest BCUT2D eigenvalue weighted by molar-refractivity contribution is -0.118. The highest BCUT2D eigenvalue weighted by atomic mass is 16.5. The highest BCUT2D eigenvalue weighted by Gasteiger charge is 2.04. The number of nitrogens with two attached hydrogens (primary N) is 1. The Morgan fingerprint density at radius 2 is 1.89 bits per heavy atom. The summed E-state index contributed by atoms with van der Waals surface area (Å²) in [5.41, 5.74) is 6.18. The molecule has 0 aliphatic heterocycles. The zero-order valence-electron chi connectivity index (χ0n) is 9.54. The fraction of sp³-hybridized carbons (Fsp3) is 0.0833. The lowest BCUT2D eigenvalue weighted by Gasteiger charge is -2.06. The van der Waals surface area contributed by atoms with Crippen molar-refractivity contribution in [3.05, 3.63) is 42.7 Å². The van der Waals surface area contributed by atoms with Crippen molar-refractivity contribution in [1.82, 2.24) is 9.97 Å². The first-order valence-corrected chi connectivity index (χ1v) is 5.29. The van der Waals surface area contributed by atoms with Crippen LogP contribution in [-0.4, -0.2) is 22.5 Å². The van der Waals surface area contributed by atoms with Gasteiger partial charge in [0.15, 0.2) is 6.61 Å². The number of rotatable bonds is 4. The highest BCUT2D eigenvalue weighted by molar-refractivity contribution is 5.90. The number of nitrogens with one attached hydrogen (secondary N) is 1. The van der Waals surface area contributed by atoms with E-state index in [1.807, 2.05) is 0 Å². The van der Waals surface area contributed by atoms with E-state index in [0.29, 0.717) is 11.4 Å². The van der Waals surface area contributed by atoms with Gasteiger partial charge in [-0.3, -0.25) is 10.1 Å². The van der Waals surface area contributed by atoms with E-state index in [1.54, 1.807) is 42.7 Å². The van der Waals surface area contributed by atoms with Gasteiger partial charge in [0, 0.05) is 18.1 Å². The molecule has 0 saturated carbocycles. The number of nitrogens with zero attached hydrogens (tertiary/aromatic N) is 2. The molecule has 1 aromatic carbocycles. The number of anilines is 2. The van der Waals surface area contributed by atoms with E-state index in [1.165, 1.54) is 0 Å². The third-order valence-electron chi connectivity index (χ3n) is 2.07. The number of hydrogen-bond donors (Lipinski definition) is 2. The van der Waals surface area contributed by atoms with Crippen LogP contribution in [0.2, 0.25) is 0 Å². The predicted octanol–water partition coefficient (Wildman–Crippen LogP) is 1.08. The molecule has 0 atom stereocenters. The molecule has 6 nitrogen and oxygen atoms in total. The maximum atomic E-state index is 11.5. The smallest absolute Gasteiger partial charge is 0.264 e. The summed E-state index contributed by atoms with van der Waals surface area (Å²) in [7, 11) is 0. The van der Waals surface area contributed by atoms with Crippen LogP contribution in [0.4, 0.5) is 11.6 Å². The van der Waals surface area contributed by atoms with E-state index in [-0.39, 0.29) is 18.5 Å². The summed E-state index contributed by atoms with van der Waals surface area (Å²) in [6.45, 7) is -0.109. The summed E-state index contributed by atoms with van der Waals surface area (Å²) in [6, 6.07) is 8.46. The summed E-state index contributed by atoms with van der Waals surface area (Å²) < 4.78 is 5.27. The minimum Gasteiger partial charge on any atom is -0.484 e. The number of ether oxygens (including phenoxy) is 1. The van der Waals surface area contributed by atoms with Crippen molar-refractivity contribution in [3.63, 3.8) is 0 Å². The second-order valence-corrected chi connectivity index (χ2v) is 3.48. The van der Waals surface area contributed by atoms with Crippen molar-refractivity contribution < 1.29 is 9.53 Å². The Morgan fingerprint density at radius 1 is 1.22 bits per heavy atom. The summed E-state index contributed by atoms with van der Waals surface area (Å²) >= 11 is 0. The zero-order valence-corrected chi connectivity index (χ0v) is 9.54. The van der Waals surface area contributed by atoms with E-state index in [4.69, 9.17) is 10.5 Å². The molecule has 0 spiro atoms. The fourth-order valence-corrected chi connectivity index (χ4v) is 1.24. The van der Waals surface area contributed by atoms with Gasteiger partial charge in [0.1, 0.15) is 5.75 Å². The summed E-state index contributed by atoms with van der Waals surface area (Å²) in [5.74, 6) is 0.509. The molecule has 0 unspecified atom stereocenters. The maximum Gasteiger partial charge on any atom is 0.264 e.